The molecule has 4 heterocycles. The van der Waals surface area contributed by atoms with E-state index in [0.717, 1.165) is 59.2 Å². The number of fused-ring (bicyclic) bond motifs is 3. The monoisotopic (exact) mass is 370 g/mol. The standard InChI is InChI=1S/C20H22N2O3S/c23-20(22-14-2-3-15(22)12-21-8-7-14)19-6-5-18(26-19)13-1-4-16-17(11-13)25-10-9-24-16/h1,4-6,11,14-15,21H,2-3,7-10,12H2. The highest BCUT2D eigenvalue weighted by Gasteiger charge is 2.38. The summed E-state index contributed by atoms with van der Waals surface area (Å²) in [6.07, 6.45) is 3.31. The molecule has 0 aliphatic carbocycles. The molecule has 2 bridgehead atoms. The van der Waals surface area contributed by atoms with Crippen LogP contribution in [-0.4, -0.2) is 49.2 Å². The molecule has 26 heavy (non-hydrogen) atoms. The molecular formula is C20H22N2O3S. The number of rotatable bonds is 2. The first-order valence-corrected chi connectivity index (χ1v) is 10.1. The second-order valence-electron chi connectivity index (χ2n) is 7.11. The fourth-order valence-corrected chi connectivity index (χ4v) is 5.19. The summed E-state index contributed by atoms with van der Waals surface area (Å²) >= 11 is 1.57. The van der Waals surface area contributed by atoms with Crippen molar-refractivity contribution in [2.45, 2.75) is 31.3 Å². The third-order valence-corrected chi connectivity index (χ3v) is 6.65. The van der Waals surface area contributed by atoms with Gasteiger partial charge in [0.25, 0.3) is 5.91 Å². The number of ether oxygens (including phenoxy) is 2. The van der Waals surface area contributed by atoms with Crippen molar-refractivity contribution in [3.63, 3.8) is 0 Å². The van der Waals surface area contributed by atoms with Crippen molar-refractivity contribution < 1.29 is 14.3 Å². The van der Waals surface area contributed by atoms with Gasteiger partial charge in [0.05, 0.1) is 4.88 Å². The normalized spacial score (nSPS) is 24.4. The molecule has 2 aromatic rings. The van der Waals surface area contributed by atoms with Gasteiger partial charge in [-0.05, 0) is 61.7 Å². The van der Waals surface area contributed by atoms with E-state index in [1.54, 1.807) is 11.3 Å². The van der Waals surface area contributed by atoms with Gasteiger partial charge in [-0.25, -0.2) is 0 Å². The van der Waals surface area contributed by atoms with Crippen LogP contribution in [0.4, 0.5) is 0 Å². The highest BCUT2D eigenvalue weighted by atomic mass is 32.1. The Bertz CT molecular complexity index is 820. The number of benzene rings is 1. The second kappa shape index (κ2) is 6.59. The first-order chi connectivity index (χ1) is 12.8. The lowest BCUT2D eigenvalue weighted by Crippen LogP contribution is -2.42. The van der Waals surface area contributed by atoms with Gasteiger partial charge in [-0.15, -0.1) is 11.3 Å². The van der Waals surface area contributed by atoms with Gasteiger partial charge >= 0.3 is 0 Å². The summed E-state index contributed by atoms with van der Waals surface area (Å²) in [5, 5.41) is 3.46. The van der Waals surface area contributed by atoms with Crippen molar-refractivity contribution in [2.75, 3.05) is 26.3 Å². The van der Waals surface area contributed by atoms with Crippen LogP contribution in [0.25, 0.3) is 10.4 Å². The zero-order chi connectivity index (χ0) is 17.5. The Morgan fingerprint density at radius 3 is 2.81 bits per heavy atom. The molecule has 3 aliphatic heterocycles. The fraction of sp³-hybridized carbons (Fsp3) is 0.450. The summed E-state index contributed by atoms with van der Waals surface area (Å²) < 4.78 is 11.3. The summed E-state index contributed by atoms with van der Waals surface area (Å²) in [5.74, 6) is 1.77. The number of carbonyl (C=O) groups is 1. The predicted molar refractivity (Wildman–Crippen MR) is 101 cm³/mol. The van der Waals surface area contributed by atoms with Crippen LogP contribution in [0, 0.1) is 0 Å². The van der Waals surface area contributed by atoms with Crippen molar-refractivity contribution in [3.05, 3.63) is 35.2 Å². The lowest BCUT2D eigenvalue weighted by atomic mass is 10.1. The van der Waals surface area contributed by atoms with Crippen LogP contribution in [0.5, 0.6) is 11.5 Å². The highest BCUT2D eigenvalue weighted by Crippen LogP contribution is 2.38. The van der Waals surface area contributed by atoms with E-state index in [1.807, 2.05) is 30.3 Å². The average Bonchev–Trinajstić information content (AvgIpc) is 3.25. The average molecular weight is 370 g/mol. The van der Waals surface area contributed by atoms with Gasteiger partial charge in [0.15, 0.2) is 11.5 Å². The molecule has 2 atom stereocenters. The number of amides is 1. The Labute approximate surface area is 156 Å². The van der Waals surface area contributed by atoms with Crippen LogP contribution in [0.2, 0.25) is 0 Å². The molecular weight excluding hydrogens is 348 g/mol. The maximum absolute atomic E-state index is 13.2. The summed E-state index contributed by atoms with van der Waals surface area (Å²) in [4.78, 5) is 17.2. The van der Waals surface area contributed by atoms with Crippen LogP contribution >= 0.6 is 11.3 Å². The molecule has 1 amide bonds. The van der Waals surface area contributed by atoms with E-state index in [0.29, 0.717) is 25.3 Å². The third kappa shape index (κ3) is 2.77. The van der Waals surface area contributed by atoms with Gasteiger partial charge in [0, 0.05) is 23.5 Å². The largest absolute Gasteiger partial charge is 0.486 e. The molecule has 136 valence electrons. The zero-order valence-electron chi connectivity index (χ0n) is 14.6. The Balaban J connectivity index is 1.41. The lowest BCUT2D eigenvalue weighted by molar-refractivity contribution is 0.0685. The predicted octanol–water partition coefficient (Wildman–Crippen LogP) is 3.15. The maximum atomic E-state index is 13.2. The number of hydrogen-bond donors (Lipinski definition) is 1. The van der Waals surface area contributed by atoms with Crippen molar-refractivity contribution in [1.29, 1.82) is 0 Å². The minimum atomic E-state index is 0.190. The molecule has 0 saturated carbocycles. The smallest absolute Gasteiger partial charge is 0.264 e. The second-order valence-corrected chi connectivity index (χ2v) is 8.20. The van der Waals surface area contributed by atoms with Gasteiger partial charge in [-0.2, -0.15) is 0 Å². The van der Waals surface area contributed by atoms with Crippen molar-refractivity contribution in [1.82, 2.24) is 10.2 Å². The Hall–Kier alpha value is -2.05. The van der Waals surface area contributed by atoms with E-state index in [2.05, 4.69) is 10.2 Å². The summed E-state index contributed by atoms with van der Waals surface area (Å²) in [5.41, 5.74) is 1.07. The highest BCUT2D eigenvalue weighted by molar-refractivity contribution is 7.17. The molecule has 6 heteroatoms. The molecule has 1 N–H and O–H groups in total. The molecule has 0 spiro atoms. The van der Waals surface area contributed by atoms with Crippen molar-refractivity contribution in [3.8, 4) is 21.9 Å². The zero-order valence-corrected chi connectivity index (χ0v) is 15.4. The van der Waals surface area contributed by atoms with Gasteiger partial charge in [0.2, 0.25) is 0 Å². The molecule has 1 aromatic carbocycles. The van der Waals surface area contributed by atoms with Crippen LogP contribution in [-0.2, 0) is 0 Å². The number of carbonyl (C=O) groups excluding carboxylic acids is 1. The van der Waals surface area contributed by atoms with E-state index in [4.69, 9.17) is 9.47 Å². The molecule has 2 saturated heterocycles. The summed E-state index contributed by atoms with van der Waals surface area (Å²) in [7, 11) is 0. The first-order valence-electron chi connectivity index (χ1n) is 9.33. The first kappa shape index (κ1) is 16.1. The van der Waals surface area contributed by atoms with Crippen LogP contribution in [0.15, 0.2) is 30.3 Å². The number of nitrogens with one attached hydrogen (secondary N) is 1. The van der Waals surface area contributed by atoms with E-state index < -0.39 is 0 Å². The molecule has 2 unspecified atom stereocenters. The SMILES string of the molecule is O=C(c1ccc(-c2ccc3c(c2)OCCO3)s1)N1C2CCNCC1CC2. The molecule has 1 aromatic heterocycles. The molecule has 5 rings (SSSR count). The topological polar surface area (TPSA) is 50.8 Å². The Morgan fingerprint density at radius 1 is 1.04 bits per heavy atom. The van der Waals surface area contributed by atoms with Crippen molar-refractivity contribution in [2.24, 2.45) is 0 Å². The van der Waals surface area contributed by atoms with E-state index in [-0.39, 0.29) is 5.91 Å². The number of hydrogen-bond acceptors (Lipinski definition) is 5. The van der Waals surface area contributed by atoms with E-state index >= 15 is 0 Å². The van der Waals surface area contributed by atoms with Gasteiger partial charge < -0.3 is 19.7 Å². The third-order valence-electron chi connectivity index (χ3n) is 5.53. The lowest BCUT2D eigenvalue weighted by Gasteiger charge is -2.27. The molecule has 3 aliphatic rings. The van der Waals surface area contributed by atoms with Crippen LogP contribution < -0.4 is 14.8 Å². The summed E-state index contributed by atoms with van der Waals surface area (Å²) in [6.45, 7) is 3.11. The van der Waals surface area contributed by atoms with Crippen LogP contribution in [0.1, 0.15) is 28.9 Å². The van der Waals surface area contributed by atoms with Gasteiger partial charge in [-0.1, -0.05) is 0 Å². The maximum Gasteiger partial charge on any atom is 0.264 e. The molecule has 5 nitrogen and oxygen atoms in total. The van der Waals surface area contributed by atoms with E-state index in [1.165, 1.54) is 0 Å². The quantitative estimate of drug-likeness (QED) is 0.882. The molecule has 0 radical (unpaired) electrons. The van der Waals surface area contributed by atoms with Crippen molar-refractivity contribution >= 4 is 17.2 Å². The van der Waals surface area contributed by atoms with E-state index in [9.17, 15) is 4.79 Å². The number of thiophene rings is 1. The van der Waals surface area contributed by atoms with Crippen LogP contribution in [0.3, 0.4) is 0 Å². The van der Waals surface area contributed by atoms with Gasteiger partial charge in [0.1, 0.15) is 13.2 Å². The summed E-state index contributed by atoms with van der Waals surface area (Å²) in [6, 6.07) is 10.7. The Morgan fingerprint density at radius 2 is 1.88 bits per heavy atom. The minimum absolute atomic E-state index is 0.190. The number of nitrogens with zero attached hydrogens (tertiary/aromatic N) is 1. The fourth-order valence-electron chi connectivity index (χ4n) is 4.25. The Kier molecular flexibility index (Phi) is 4.10. The van der Waals surface area contributed by atoms with Gasteiger partial charge in [-0.3, -0.25) is 4.79 Å². The molecule has 2 fully saturated rings. The minimum Gasteiger partial charge on any atom is -0.486 e.